The lowest BCUT2D eigenvalue weighted by Gasteiger charge is -2.33. The van der Waals surface area contributed by atoms with Gasteiger partial charge in [0.2, 0.25) is 11.8 Å². The highest BCUT2D eigenvalue weighted by molar-refractivity contribution is 5.88. The van der Waals surface area contributed by atoms with E-state index < -0.39 is 6.04 Å². The second-order valence-electron chi connectivity index (χ2n) is 10.0. The monoisotopic (exact) mass is 478 g/mol. The molecule has 5 heteroatoms. The van der Waals surface area contributed by atoms with Gasteiger partial charge in [0, 0.05) is 19.0 Å². The number of carbonyl (C=O) groups excluding carboxylic acids is 2. The summed E-state index contributed by atoms with van der Waals surface area (Å²) in [5, 5.41) is 3.25. The molecule has 0 radical (unpaired) electrons. The summed E-state index contributed by atoms with van der Waals surface area (Å²) in [7, 11) is 1.64. The summed E-state index contributed by atoms with van der Waals surface area (Å²) < 4.78 is 5.38. The van der Waals surface area contributed by atoms with Gasteiger partial charge in [-0.2, -0.15) is 0 Å². The fourth-order valence-corrected chi connectivity index (χ4v) is 4.90. The summed E-state index contributed by atoms with van der Waals surface area (Å²) >= 11 is 0. The molecule has 2 aromatic carbocycles. The van der Waals surface area contributed by atoms with Gasteiger partial charge in [0.1, 0.15) is 11.8 Å². The van der Waals surface area contributed by atoms with Crippen molar-refractivity contribution in [2.45, 2.75) is 96.7 Å². The molecular formula is C30H42N2O3. The fraction of sp³-hybridized carbons (Fsp3) is 0.533. The summed E-state index contributed by atoms with van der Waals surface area (Å²) in [6, 6.07) is 16.0. The molecule has 1 fully saturated rings. The van der Waals surface area contributed by atoms with Crippen molar-refractivity contribution in [2.24, 2.45) is 0 Å². The van der Waals surface area contributed by atoms with Crippen LogP contribution in [0.3, 0.4) is 0 Å². The zero-order valence-corrected chi connectivity index (χ0v) is 21.9. The highest BCUT2D eigenvalue weighted by Gasteiger charge is 2.30. The van der Waals surface area contributed by atoms with Crippen molar-refractivity contribution in [3.05, 3.63) is 65.2 Å². The molecular weight excluding hydrogens is 436 g/mol. The lowest BCUT2D eigenvalue weighted by molar-refractivity contribution is -0.141. The van der Waals surface area contributed by atoms with Crippen LogP contribution in [-0.4, -0.2) is 35.9 Å². The number of benzene rings is 2. The Kier molecular flexibility index (Phi) is 10.2. The summed E-state index contributed by atoms with van der Waals surface area (Å²) in [6.45, 7) is 6.73. The number of amides is 2. The Morgan fingerprint density at radius 3 is 2.37 bits per heavy atom. The number of nitrogens with one attached hydrogen (secondary N) is 1. The van der Waals surface area contributed by atoms with Gasteiger partial charge in [0.05, 0.1) is 7.11 Å². The van der Waals surface area contributed by atoms with Crippen molar-refractivity contribution in [3.63, 3.8) is 0 Å². The average molecular weight is 479 g/mol. The Morgan fingerprint density at radius 2 is 1.74 bits per heavy atom. The Bertz CT molecular complexity index is 948. The lowest BCUT2D eigenvalue weighted by Crippen LogP contribution is -2.51. The first-order chi connectivity index (χ1) is 16.9. The number of methoxy groups -OCH3 is 1. The smallest absolute Gasteiger partial charge is 0.243 e. The molecule has 1 aliphatic rings. The van der Waals surface area contributed by atoms with Crippen molar-refractivity contribution in [1.29, 1.82) is 0 Å². The van der Waals surface area contributed by atoms with Gasteiger partial charge in [-0.05, 0) is 60.4 Å². The average Bonchev–Trinajstić information content (AvgIpc) is 2.88. The van der Waals surface area contributed by atoms with E-state index in [4.69, 9.17) is 4.74 Å². The lowest BCUT2D eigenvalue weighted by atomic mass is 9.95. The van der Waals surface area contributed by atoms with Crippen molar-refractivity contribution in [1.82, 2.24) is 10.2 Å². The topological polar surface area (TPSA) is 58.6 Å². The Morgan fingerprint density at radius 1 is 1.03 bits per heavy atom. The molecule has 5 nitrogen and oxygen atoms in total. The van der Waals surface area contributed by atoms with Crippen molar-refractivity contribution in [3.8, 4) is 5.75 Å². The molecule has 0 heterocycles. The molecule has 0 bridgehead atoms. The highest BCUT2D eigenvalue weighted by atomic mass is 16.5. The zero-order valence-electron chi connectivity index (χ0n) is 21.9. The number of hydrogen-bond acceptors (Lipinski definition) is 3. The van der Waals surface area contributed by atoms with E-state index in [9.17, 15) is 9.59 Å². The number of aryl methyl sites for hydroxylation is 1. The molecule has 1 atom stereocenters. The van der Waals surface area contributed by atoms with Crippen LogP contribution in [0.25, 0.3) is 0 Å². The third kappa shape index (κ3) is 7.84. The Balaban J connectivity index is 1.75. The number of rotatable bonds is 11. The first-order valence-electron chi connectivity index (χ1n) is 13.2. The van der Waals surface area contributed by atoms with E-state index in [0.717, 1.165) is 42.6 Å². The van der Waals surface area contributed by atoms with E-state index in [1.165, 1.54) is 12.0 Å². The molecule has 1 saturated carbocycles. The minimum absolute atomic E-state index is 0.00593. The van der Waals surface area contributed by atoms with E-state index in [1.807, 2.05) is 31.2 Å². The molecule has 0 aromatic heterocycles. The van der Waals surface area contributed by atoms with Crippen LogP contribution in [-0.2, 0) is 22.6 Å². The van der Waals surface area contributed by atoms with E-state index in [2.05, 4.69) is 43.4 Å². The Hall–Kier alpha value is -2.82. The van der Waals surface area contributed by atoms with Gasteiger partial charge in [0.15, 0.2) is 0 Å². The predicted molar refractivity (Wildman–Crippen MR) is 141 cm³/mol. The van der Waals surface area contributed by atoms with Crippen LogP contribution < -0.4 is 10.1 Å². The van der Waals surface area contributed by atoms with Crippen LogP contribution in [0, 0.1) is 0 Å². The Labute approximate surface area is 211 Å². The van der Waals surface area contributed by atoms with Gasteiger partial charge >= 0.3 is 0 Å². The molecule has 3 rings (SSSR count). The van der Waals surface area contributed by atoms with Crippen molar-refractivity contribution >= 4 is 11.8 Å². The van der Waals surface area contributed by atoms with Gasteiger partial charge < -0.3 is 15.0 Å². The number of nitrogens with zero attached hydrogens (tertiary/aromatic N) is 1. The molecule has 1 N–H and O–H groups in total. The van der Waals surface area contributed by atoms with E-state index in [-0.39, 0.29) is 17.9 Å². The van der Waals surface area contributed by atoms with Crippen LogP contribution >= 0.6 is 0 Å². The third-order valence-electron chi connectivity index (χ3n) is 7.10. The second-order valence-corrected chi connectivity index (χ2v) is 10.0. The van der Waals surface area contributed by atoms with Crippen molar-refractivity contribution in [2.75, 3.05) is 7.11 Å². The van der Waals surface area contributed by atoms with Gasteiger partial charge in [-0.3, -0.25) is 9.59 Å². The van der Waals surface area contributed by atoms with Gasteiger partial charge in [-0.15, -0.1) is 0 Å². The summed E-state index contributed by atoms with van der Waals surface area (Å²) in [4.78, 5) is 28.7. The molecule has 190 valence electrons. The summed E-state index contributed by atoms with van der Waals surface area (Å²) in [6.07, 6.45) is 7.22. The number of hydrogen-bond donors (Lipinski definition) is 1. The van der Waals surface area contributed by atoms with Crippen LogP contribution in [0.15, 0.2) is 48.5 Å². The van der Waals surface area contributed by atoms with Crippen molar-refractivity contribution < 1.29 is 14.3 Å². The third-order valence-corrected chi connectivity index (χ3v) is 7.10. The standard InChI is InChI=1S/C30H42N2O3/c1-5-28(30(34)31-26-11-7-6-8-12-26)32(21-24-10-9-13-27(20-24)35-4)29(33)19-16-23-14-17-25(18-15-23)22(2)3/h9-10,13-15,17-18,20,22,26,28H,5-8,11-12,16,19,21H2,1-4H3,(H,31,34)/t28-/m0/s1. The summed E-state index contributed by atoms with van der Waals surface area (Å²) in [5.74, 6) is 1.21. The molecule has 0 aliphatic heterocycles. The minimum Gasteiger partial charge on any atom is -0.497 e. The zero-order chi connectivity index (χ0) is 25.2. The largest absolute Gasteiger partial charge is 0.497 e. The van der Waals surface area contributed by atoms with Gasteiger partial charge in [0.25, 0.3) is 0 Å². The quantitative estimate of drug-likeness (QED) is 0.430. The first-order valence-corrected chi connectivity index (χ1v) is 13.2. The number of carbonyl (C=O) groups is 2. The maximum absolute atomic E-state index is 13.6. The van der Waals surface area contributed by atoms with Crippen LogP contribution in [0.1, 0.15) is 88.3 Å². The van der Waals surface area contributed by atoms with E-state index in [1.54, 1.807) is 12.0 Å². The fourth-order valence-electron chi connectivity index (χ4n) is 4.90. The maximum atomic E-state index is 13.6. The normalized spacial score (nSPS) is 15.0. The first kappa shape index (κ1) is 26.8. The minimum atomic E-state index is -0.487. The second kappa shape index (κ2) is 13.3. The molecule has 0 saturated heterocycles. The molecule has 0 spiro atoms. The van der Waals surface area contributed by atoms with Crippen LogP contribution in [0.5, 0.6) is 5.75 Å². The van der Waals surface area contributed by atoms with Crippen LogP contribution in [0.2, 0.25) is 0 Å². The van der Waals surface area contributed by atoms with E-state index in [0.29, 0.717) is 31.7 Å². The molecule has 2 amide bonds. The number of ether oxygens (including phenoxy) is 1. The van der Waals surface area contributed by atoms with Gasteiger partial charge in [-0.1, -0.05) is 76.4 Å². The van der Waals surface area contributed by atoms with E-state index >= 15 is 0 Å². The molecule has 2 aromatic rings. The van der Waals surface area contributed by atoms with Crippen LogP contribution in [0.4, 0.5) is 0 Å². The summed E-state index contributed by atoms with van der Waals surface area (Å²) in [5.41, 5.74) is 3.40. The highest BCUT2D eigenvalue weighted by Crippen LogP contribution is 2.21. The molecule has 0 unspecified atom stereocenters. The molecule has 35 heavy (non-hydrogen) atoms. The predicted octanol–water partition coefficient (Wildman–Crippen LogP) is 6.01. The maximum Gasteiger partial charge on any atom is 0.243 e. The van der Waals surface area contributed by atoms with Gasteiger partial charge in [-0.25, -0.2) is 0 Å². The SMILES string of the molecule is CC[C@@H](C(=O)NC1CCCCC1)N(Cc1cccc(OC)c1)C(=O)CCc1ccc(C(C)C)cc1. The molecule has 1 aliphatic carbocycles.